The van der Waals surface area contributed by atoms with Crippen molar-refractivity contribution in [2.24, 2.45) is 0 Å². The minimum atomic E-state index is -0.658. The molecule has 0 radical (unpaired) electrons. The first kappa shape index (κ1) is 19.3. The van der Waals surface area contributed by atoms with Crippen LogP contribution in [0.2, 0.25) is 0 Å². The van der Waals surface area contributed by atoms with E-state index in [1.165, 1.54) is 0 Å². The van der Waals surface area contributed by atoms with E-state index in [1.54, 1.807) is 0 Å². The summed E-state index contributed by atoms with van der Waals surface area (Å²) in [4.78, 5) is 0. The number of fused-ring (bicyclic) bond motifs is 6. The van der Waals surface area contributed by atoms with Gasteiger partial charge in [-0.25, -0.2) is 0 Å². The van der Waals surface area contributed by atoms with E-state index < -0.39 is 11.6 Å². The fraction of sp³-hybridized carbons (Fsp3) is 1.00. The molecule has 0 aromatic carbocycles. The molecule has 10 atom stereocenters. The third-order valence-corrected chi connectivity index (χ3v) is 6.47. The number of rotatable bonds is 2. The molecule has 6 fully saturated rings. The molecule has 6 heterocycles. The van der Waals surface area contributed by atoms with Gasteiger partial charge in [0.25, 0.3) is 0 Å². The van der Waals surface area contributed by atoms with Crippen LogP contribution in [0.25, 0.3) is 0 Å². The third-order valence-electron chi connectivity index (χ3n) is 6.47. The standard InChI is InChI=1S/C20H30O9/c1-19(2)26-15-13-9(21-17(15)28-19)5-7-11(24-13)23-12-8-6-10-14(25-12)16-18(22-10)29-20(3,4)27-16/h9-18H,5-8H2,1-4H3/t9-,10-,11-,12+,13+,14+,15-,16-,17-,18-/m1/s1. The van der Waals surface area contributed by atoms with Crippen LogP contribution in [0, 0.1) is 0 Å². The van der Waals surface area contributed by atoms with E-state index in [0.717, 1.165) is 25.7 Å². The maximum Gasteiger partial charge on any atom is 0.190 e. The van der Waals surface area contributed by atoms with E-state index in [0.29, 0.717) is 0 Å². The zero-order valence-corrected chi connectivity index (χ0v) is 17.3. The molecule has 0 saturated carbocycles. The first-order valence-corrected chi connectivity index (χ1v) is 10.7. The summed E-state index contributed by atoms with van der Waals surface area (Å²) >= 11 is 0. The highest BCUT2D eigenvalue weighted by atomic mass is 16.9. The van der Waals surface area contributed by atoms with Crippen molar-refractivity contribution in [1.82, 2.24) is 0 Å². The second-order valence-electron chi connectivity index (χ2n) is 9.64. The molecule has 29 heavy (non-hydrogen) atoms. The maximum atomic E-state index is 6.23. The van der Waals surface area contributed by atoms with Crippen LogP contribution < -0.4 is 0 Å². The van der Waals surface area contributed by atoms with E-state index in [1.807, 2.05) is 27.7 Å². The molecule has 6 saturated heterocycles. The Hall–Kier alpha value is -0.360. The van der Waals surface area contributed by atoms with Gasteiger partial charge in [0.15, 0.2) is 36.7 Å². The van der Waals surface area contributed by atoms with Crippen molar-refractivity contribution >= 4 is 0 Å². The summed E-state index contributed by atoms with van der Waals surface area (Å²) < 4.78 is 54.3. The van der Waals surface area contributed by atoms with Crippen LogP contribution >= 0.6 is 0 Å². The summed E-state index contributed by atoms with van der Waals surface area (Å²) in [6, 6.07) is 0. The van der Waals surface area contributed by atoms with Crippen molar-refractivity contribution in [3.8, 4) is 0 Å². The van der Waals surface area contributed by atoms with Gasteiger partial charge in [0.05, 0.1) is 12.2 Å². The van der Waals surface area contributed by atoms with Crippen LogP contribution in [0.1, 0.15) is 53.4 Å². The molecule has 0 aromatic rings. The molecule has 0 aromatic heterocycles. The monoisotopic (exact) mass is 414 g/mol. The molecule has 6 aliphatic heterocycles. The average molecular weight is 414 g/mol. The molecule has 9 heteroatoms. The largest absolute Gasteiger partial charge is 0.344 e. The quantitative estimate of drug-likeness (QED) is 0.671. The molecule has 6 aliphatic rings. The fourth-order valence-corrected chi connectivity index (χ4v) is 5.34. The van der Waals surface area contributed by atoms with Gasteiger partial charge in [-0.05, 0) is 40.5 Å². The second kappa shape index (κ2) is 6.57. The fourth-order valence-electron chi connectivity index (χ4n) is 5.34. The molecular weight excluding hydrogens is 384 g/mol. The normalized spacial score (nSPS) is 54.6. The lowest BCUT2D eigenvalue weighted by molar-refractivity contribution is -0.321. The average Bonchev–Trinajstić information content (AvgIpc) is 3.30. The van der Waals surface area contributed by atoms with Crippen molar-refractivity contribution in [3.63, 3.8) is 0 Å². The van der Waals surface area contributed by atoms with Crippen molar-refractivity contribution in [2.45, 2.75) is 127 Å². The van der Waals surface area contributed by atoms with Gasteiger partial charge in [0.1, 0.15) is 24.4 Å². The van der Waals surface area contributed by atoms with Gasteiger partial charge in [-0.15, -0.1) is 0 Å². The van der Waals surface area contributed by atoms with Crippen LogP contribution in [-0.2, 0) is 42.6 Å². The highest BCUT2D eigenvalue weighted by molar-refractivity contribution is 4.97. The summed E-state index contributed by atoms with van der Waals surface area (Å²) in [7, 11) is 0. The number of hydrogen-bond acceptors (Lipinski definition) is 9. The molecule has 0 N–H and O–H groups in total. The van der Waals surface area contributed by atoms with E-state index in [4.69, 9.17) is 42.6 Å². The molecule has 164 valence electrons. The number of ether oxygens (including phenoxy) is 9. The minimum Gasteiger partial charge on any atom is -0.344 e. The van der Waals surface area contributed by atoms with E-state index >= 15 is 0 Å². The topological polar surface area (TPSA) is 83.1 Å². The van der Waals surface area contributed by atoms with Crippen LogP contribution in [0.3, 0.4) is 0 Å². The Morgan fingerprint density at radius 2 is 1.00 bits per heavy atom. The SMILES string of the molecule is CC1(C)O[C@H]2O[C@@H]3CC[C@H](O[C@@H]4CC[C@H]5O[C@@H]6OC(C)(C)O[C@@H]6[C@H]5O4)O[C@@H]3[C@H]2O1. The van der Waals surface area contributed by atoms with E-state index in [-0.39, 0.29) is 61.8 Å². The first-order valence-electron chi connectivity index (χ1n) is 10.7. The van der Waals surface area contributed by atoms with Gasteiger partial charge in [-0.2, -0.15) is 0 Å². The van der Waals surface area contributed by atoms with Crippen molar-refractivity contribution in [1.29, 1.82) is 0 Å². The van der Waals surface area contributed by atoms with E-state index in [9.17, 15) is 0 Å². The maximum absolute atomic E-state index is 6.23. The Morgan fingerprint density at radius 1 is 0.552 bits per heavy atom. The van der Waals surface area contributed by atoms with E-state index in [2.05, 4.69) is 0 Å². The van der Waals surface area contributed by atoms with Crippen LogP contribution in [0.4, 0.5) is 0 Å². The summed E-state index contributed by atoms with van der Waals surface area (Å²) in [5.74, 6) is -1.32. The molecule has 6 rings (SSSR count). The second-order valence-corrected chi connectivity index (χ2v) is 9.64. The minimum absolute atomic E-state index is 0.0205. The Morgan fingerprint density at radius 3 is 1.45 bits per heavy atom. The van der Waals surface area contributed by atoms with Gasteiger partial charge in [-0.3, -0.25) is 0 Å². The molecule has 0 amide bonds. The van der Waals surface area contributed by atoms with Crippen molar-refractivity contribution in [3.05, 3.63) is 0 Å². The van der Waals surface area contributed by atoms with Crippen LogP contribution in [-0.4, -0.2) is 73.4 Å². The lowest BCUT2D eigenvalue weighted by Crippen LogP contribution is -2.48. The summed E-state index contributed by atoms with van der Waals surface area (Å²) in [5, 5.41) is 0. The number of hydrogen-bond donors (Lipinski definition) is 0. The Balaban J connectivity index is 1.07. The van der Waals surface area contributed by atoms with Gasteiger partial charge < -0.3 is 42.6 Å². The lowest BCUT2D eigenvalue weighted by atomic mass is 10.0. The molecule has 9 nitrogen and oxygen atoms in total. The predicted molar refractivity (Wildman–Crippen MR) is 94.3 cm³/mol. The zero-order chi connectivity index (χ0) is 20.0. The molecule has 0 aliphatic carbocycles. The zero-order valence-electron chi connectivity index (χ0n) is 17.3. The smallest absolute Gasteiger partial charge is 0.190 e. The Kier molecular flexibility index (Phi) is 4.38. The Labute approximate surface area is 170 Å². The lowest BCUT2D eigenvalue weighted by Gasteiger charge is -2.38. The van der Waals surface area contributed by atoms with Crippen LogP contribution in [0.5, 0.6) is 0 Å². The van der Waals surface area contributed by atoms with Crippen LogP contribution in [0.15, 0.2) is 0 Å². The summed E-state index contributed by atoms with van der Waals surface area (Å²) in [6.07, 6.45) is 0.822. The molecular formula is C20H30O9. The van der Waals surface area contributed by atoms with Gasteiger partial charge in [0, 0.05) is 12.8 Å². The third kappa shape index (κ3) is 3.35. The van der Waals surface area contributed by atoms with Gasteiger partial charge in [-0.1, -0.05) is 0 Å². The van der Waals surface area contributed by atoms with Crippen molar-refractivity contribution < 1.29 is 42.6 Å². The Bertz CT molecular complexity index is 600. The van der Waals surface area contributed by atoms with Gasteiger partial charge in [0.2, 0.25) is 0 Å². The molecule has 0 bridgehead atoms. The molecule has 0 unspecified atom stereocenters. The first-order chi connectivity index (χ1) is 13.8. The highest BCUT2D eigenvalue weighted by Gasteiger charge is 2.59. The molecule has 0 spiro atoms. The highest BCUT2D eigenvalue weighted by Crippen LogP contribution is 2.45. The van der Waals surface area contributed by atoms with Gasteiger partial charge >= 0.3 is 0 Å². The predicted octanol–water partition coefficient (Wildman–Crippen LogP) is 1.77. The summed E-state index contributed by atoms with van der Waals surface area (Å²) in [5.41, 5.74) is 0. The summed E-state index contributed by atoms with van der Waals surface area (Å²) in [6.45, 7) is 7.55. The van der Waals surface area contributed by atoms with Crippen molar-refractivity contribution in [2.75, 3.05) is 0 Å².